The minimum absolute atomic E-state index is 0.119. The quantitative estimate of drug-likeness (QED) is 0.0970. The maximum Gasteiger partial charge on any atom is 0.326 e. The Hall–Kier alpha value is -5.96. The number of carbonyl (C=O) groups is 5. The number of fused-ring (bicyclic) bond motifs is 5. The number of benzene rings is 4. The standard InChI is InChI=1S/C42H47ClN6O8/c1-24-38(51)48-34(42(55)56)22-25-6-16-35(50)31(21-25)32-23-29(13-17-36(32)57-20-19-45)37(40(53)46-24)49(2)41(54)33(5-3-4-18-44)47-39(52)28-9-7-26(8-10-28)27-11-14-30(43)15-12-27/h6-17,21,23-24,33-34,37,50H,3-5,18-20,22,44-45H2,1-2H3,(H,46,53)(H,47,52)(H,48,51)(H,55,56)/t24-,33-,34-,37-/m0/s1. The van der Waals surface area contributed by atoms with E-state index in [4.69, 9.17) is 27.8 Å². The fraction of sp³-hybridized carbons (Fsp3) is 0.310. The van der Waals surface area contributed by atoms with Crippen LogP contribution in [0, 0.1) is 0 Å². The molecule has 9 N–H and O–H groups in total. The first-order valence-corrected chi connectivity index (χ1v) is 18.9. The first kappa shape index (κ1) is 42.2. The number of halogens is 1. The molecule has 0 aromatic heterocycles. The number of ether oxygens (including phenoxy) is 1. The van der Waals surface area contributed by atoms with Crippen molar-refractivity contribution in [1.29, 1.82) is 0 Å². The van der Waals surface area contributed by atoms with Gasteiger partial charge in [-0.05, 0) is 104 Å². The van der Waals surface area contributed by atoms with Crippen LogP contribution in [-0.2, 0) is 25.6 Å². The molecule has 300 valence electrons. The highest BCUT2D eigenvalue weighted by atomic mass is 35.5. The average Bonchev–Trinajstić information content (AvgIpc) is 3.20. The third kappa shape index (κ3) is 10.5. The summed E-state index contributed by atoms with van der Waals surface area (Å²) in [7, 11) is 1.42. The van der Waals surface area contributed by atoms with Crippen LogP contribution >= 0.6 is 11.6 Å². The smallest absolute Gasteiger partial charge is 0.326 e. The monoisotopic (exact) mass is 798 g/mol. The number of carboxylic acids is 1. The molecule has 0 saturated heterocycles. The van der Waals surface area contributed by atoms with Gasteiger partial charge in [-0.25, -0.2) is 4.79 Å². The predicted octanol–water partition coefficient (Wildman–Crippen LogP) is 3.77. The molecule has 57 heavy (non-hydrogen) atoms. The second-order valence-corrected chi connectivity index (χ2v) is 14.3. The van der Waals surface area contributed by atoms with Crippen molar-refractivity contribution in [3.05, 3.63) is 107 Å². The Balaban J connectivity index is 1.54. The molecule has 4 amide bonds. The van der Waals surface area contributed by atoms with Gasteiger partial charge in [-0.15, -0.1) is 0 Å². The molecule has 4 bridgehead atoms. The van der Waals surface area contributed by atoms with Crippen molar-refractivity contribution in [2.24, 2.45) is 11.5 Å². The number of likely N-dealkylation sites (N-methyl/N-ethyl adjacent to an activating group) is 1. The van der Waals surface area contributed by atoms with Crippen LogP contribution in [0.5, 0.6) is 11.5 Å². The molecule has 0 radical (unpaired) electrons. The fourth-order valence-electron chi connectivity index (χ4n) is 6.61. The Morgan fingerprint density at radius 1 is 0.895 bits per heavy atom. The van der Waals surface area contributed by atoms with E-state index in [1.807, 2.05) is 12.1 Å². The van der Waals surface area contributed by atoms with Crippen molar-refractivity contribution in [2.75, 3.05) is 26.7 Å². The second kappa shape index (κ2) is 19.3. The van der Waals surface area contributed by atoms with E-state index >= 15 is 0 Å². The molecular formula is C42H47ClN6O8. The molecular weight excluding hydrogens is 752 g/mol. The summed E-state index contributed by atoms with van der Waals surface area (Å²) in [6, 6.07) is 18.4. The third-order valence-electron chi connectivity index (χ3n) is 9.71. The Bertz CT molecular complexity index is 2100. The van der Waals surface area contributed by atoms with E-state index in [0.29, 0.717) is 52.4 Å². The van der Waals surface area contributed by atoms with Gasteiger partial charge >= 0.3 is 5.97 Å². The molecule has 1 aliphatic heterocycles. The Kier molecular flexibility index (Phi) is 14.3. The minimum Gasteiger partial charge on any atom is -0.507 e. The summed E-state index contributed by atoms with van der Waals surface area (Å²) in [5.41, 5.74) is 15.0. The van der Waals surface area contributed by atoms with Crippen LogP contribution in [0.15, 0.2) is 84.9 Å². The number of carboxylic acid groups (broad SMARTS) is 1. The molecule has 0 spiro atoms. The van der Waals surface area contributed by atoms with Gasteiger partial charge in [-0.2, -0.15) is 0 Å². The molecule has 1 aliphatic rings. The number of aliphatic carboxylic acids is 1. The van der Waals surface area contributed by atoms with E-state index in [1.54, 1.807) is 66.7 Å². The lowest BCUT2D eigenvalue weighted by atomic mass is 9.93. The summed E-state index contributed by atoms with van der Waals surface area (Å²) < 4.78 is 5.93. The summed E-state index contributed by atoms with van der Waals surface area (Å²) in [6.45, 7) is 2.06. The first-order chi connectivity index (χ1) is 27.3. The van der Waals surface area contributed by atoms with Crippen LogP contribution in [0.2, 0.25) is 5.02 Å². The van der Waals surface area contributed by atoms with Gasteiger partial charge in [0.2, 0.25) is 17.7 Å². The van der Waals surface area contributed by atoms with Crippen molar-refractivity contribution >= 4 is 41.2 Å². The van der Waals surface area contributed by atoms with Gasteiger partial charge in [0.05, 0.1) is 0 Å². The van der Waals surface area contributed by atoms with Crippen LogP contribution in [0.25, 0.3) is 22.3 Å². The number of phenols is 1. The molecule has 0 aliphatic carbocycles. The summed E-state index contributed by atoms with van der Waals surface area (Å²) in [4.78, 5) is 69.2. The predicted molar refractivity (Wildman–Crippen MR) is 216 cm³/mol. The largest absolute Gasteiger partial charge is 0.507 e. The molecule has 5 rings (SSSR count). The second-order valence-electron chi connectivity index (χ2n) is 13.8. The Morgan fingerprint density at radius 3 is 2.23 bits per heavy atom. The molecule has 14 nitrogen and oxygen atoms in total. The van der Waals surface area contributed by atoms with E-state index in [9.17, 15) is 34.2 Å². The first-order valence-electron chi connectivity index (χ1n) is 18.6. The molecule has 0 fully saturated rings. The van der Waals surface area contributed by atoms with Gasteiger partial charge in [0.1, 0.15) is 42.3 Å². The number of phenolic OH excluding ortho intramolecular Hbond substituents is 1. The lowest BCUT2D eigenvalue weighted by molar-refractivity contribution is -0.143. The normalized spacial score (nSPS) is 17.3. The van der Waals surface area contributed by atoms with Gasteiger partial charge in [0, 0.05) is 41.7 Å². The zero-order valence-electron chi connectivity index (χ0n) is 31.7. The topological polar surface area (TPSA) is 226 Å². The zero-order valence-corrected chi connectivity index (χ0v) is 32.4. The number of nitrogens with zero attached hydrogens (tertiary/aromatic N) is 1. The molecule has 4 aromatic carbocycles. The highest BCUT2D eigenvalue weighted by molar-refractivity contribution is 6.30. The maximum absolute atomic E-state index is 14.5. The summed E-state index contributed by atoms with van der Waals surface area (Å²) in [6.07, 6.45) is 1.14. The average molecular weight is 799 g/mol. The van der Waals surface area contributed by atoms with Crippen molar-refractivity contribution in [2.45, 2.75) is 56.8 Å². The van der Waals surface area contributed by atoms with Crippen molar-refractivity contribution < 1.29 is 38.9 Å². The lowest BCUT2D eigenvalue weighted by Crippen LogP contribution is -2.54. The molecule has 1 heterocycles. The van der Waals surface area contributed by atoms with E-state index < -0.39 is 53.8 Å². The van der Waals surface area contributed by atoms with Gasteiger partial charge in [-0.3, -0.25) is 19.2 Å². The maximum atomic E-state index is 14.5. The Labute approximate surface area is 335 Å². The van der Waals surface area contributed by atoms with Gasteiger partial charge in [0.15, 0.2) is 0 Å². The van der Waals surface area contributed by atoms with E-state index in [-0.39, 0.29) is 37.3 Å². The molecule has 15 heteroatoms. The molecule has 0 unspecified atom stereocenters. The molecule has 0 saturated carbocycles. The Morgan fingerprint density at radius 2 is 1.58 bits per heavy atom. The van der Waals surface area contributed by atoms with Crippen LogP contribution in [0.3, 0.4) is 0 Å². The van der Waals surface area contributed by atoms with E-state index in [1.165, 1.54) is 24.9 Å². The third-order valence-corrected chi connectivity index (χ3v) is 9.96. The number of hydrogen-bond donors (Lipinski definition) is 7. The number of carbonyl (C=O) groups excluding carboxylic acids is 4. The van der Waals surface area contributed by atoms with Gasteiger partial charge in [0.25, 0.3) is 5.91 Å². The van der Waals surface area contributed by atoms with Gasteiger partial charge < -0.3 is 47.3 Å². The number of amides is 4. The zero-order chi connectivity index (χ0) is 41.2. The lowest BCUT2D eigenvalue weighted by Gasteiger charge is -2.32. The highest BCUT2D eigenvalue weighted by Crippen LogP contribution is 2.39. The molecule has 4 aromatic rings. The molecule has 4 atom stereocenters. The number of aromatic hydroxyl groups is 1. The highest BCUT2D eigenvalue weighted by Gasteiger charge is 2.36. The van der Waals surface area contributed by atoms with Crippen LogP contribution < -0.4 is 32.2 Å². The summed E-state index contributed by atoms with van der Waals surface area (Å²) in [5, 5.41) is 29.6. The van der Waals surface area contributed by atoms with Crippen LogP contribution in [-0.4, -0.2) is 89.6 Å². The van der Waals surface area contributed by atoms with Crippen molar-refractivity contribution in [3.8, 4) is 33.8 Å². The number of hydrogen-bond acceptors (Lipinski definition) is 9. The number of unbranched alkanes of at least 4 members (excludes halogenated alkanes) is 1. The van der Waals surface area contributed by atoms with Crippen molar-refractivity contribution in [3.63, 3.8) is 0 Å². The summed E-state index contributed by atoms with van der Waals surface area (Å²) in [5.74, 6) is -3.80. The van der Waals surface area contributed by atoms with Crippen molar-refractivity contribution in [1.82, 2.24) is 20.9 Å². The van der Waals surface area contributed by atoms with Crippen LogP contribution in [0.4, 0.5) is 0 Å². The summed E-state index contributed by atoms with van der Waals surface area (Å²) >= 11 is 6.04. The minimum atomic E-state index is -1.38. The number of nitrogens with one attached hydrogen (secondary N) is 3. The fourth-order valence-corrected chi connectivity index (χ4v) is 6.74. The SMILES string of the molecule is C[C@@H]1NC(=O)[C@@H](N(C)C(=O)[C@H](CCCCN)NC(=O)c2ccc(-c3ccc(Cl)cc3)cc2)c2ccc(OCCN)c(c2)-c2cc(ccc2O)C[C@@H](C(=O)O)NC1=O. The number of rotatable bonds is 13. The van der Waals surface area contributed by atoms with Gasteiger partial charge in [-0.1, -0.05) is 48.0 Å². The van der Waals surface area contributed by atoms with E-state index in [0.717, 1.165) is 11.1 Å². The van der Waals surface area contributed by atoms with Crippen LogP contribution in [0.1, 0.15) is 53.7 Å². The van der Waals surface area contributed by atoms with E-state index in [2.05, 4.69) is 16.0 Å². The number of nitrogens with two attached hydrogens (primary N) is 2.